The average Bonchev–Trinajstić information content (AvgIpc) is 2.78. The molecule has 0 amide bonds. The molecule has 0 aromatic heterocycles. The summed E-state index contributed by atoms with van der Waals surface area (Å²) < 4.78 is 15.8. The fourth-order valence-corrected chi connectivity index (χ4v) is 6.58. The molecule has 2 aromatic rings. The van der Waals surface area contributed by atoms with E-state index in [1.807, 2.05) is 6.07 Å². The first-order valence-corrected chi connectivity index (χ1v) is 14.6. The minimum absolute atomic E-state index is 0.0812. The van der Waals surface area contributed by atoms with Crippen LogP contribution in [0.2, 0.25) is 6.04 Å². The Bertz CT molecular complexity index is 976. The zero-order chi connectivity index (χ0) is 26.6. The van der Waals surface area contributed by atoms with Crippen molar-refractivity contribution in [2.45, 2.75) is 85.1 Å². The van der Waals surface area contributed by atoms with Gasteiger partial charge >= 0.3 is 8.80 Å². The van der Waals surface area contributed by atoms with Crippen molar-refractivity contribution < 1.29 is 32.8 Å². The van der Waals surface area contributed by atoms with Gasteiger partial charge in [-0.25, -0.2) is 0 Å². The number of aryl methyl sites for hydroxylation is 2. The monoisotopic (exact) mass is 514 g/mol. The third-order valence-corrected chi connectivity index (χ3v) is 8.51. The van der Waals surface area contributed by atoms with E-state index >= 15 is 0 Å². The van der Waals surface area contributed by atoms with Crippen LogP contribution in [0, 0.1) is 0 Å². The van der Waals surface area contributed by atoms with Crippen LogP contribution in [0.3, 0.4) is 0 Å². The predicted octanol–water partition coefficient (Wildman–Crippen LogP) is 6.13. The molecule has 8 heteroatoms. The second-order valence-corrected chi connectivity index (χ2v) is 11.5. The van der Waals surface area contributed by atoms with Crippen LogP contribution in [-0.2, 0) is 40.5 Å². The number of hydrogen-bond acceptors (Lipinski definition) is 7. The van der Waals surface area contributed by atoms with Gasteiger partial charge in [0.15, 0.2) is 0 Å². The summed E-state index contributed by atoms with van der Waals surface area (Å²) in [5.41, 5.74) is 4.19. The van der Waals surface area contributed by atoms with Crippen LogP contribution in [0.5, 0.6) is 5.75 Å². The second kappa shape index (κ2) is 14.4. The molecule has 0 fully saturated rings. The lowest BCUT2D eigenvalue weighted by molar-refractivity contribution is -0.147. The van der Waals surface area contributed by atoms with Crippen LogP contribution in [0.4, 0.5) is 0 Å². The number of unbranched alkanes of at least 4 members (excludes halogenated alkanes) is 4. The van der Waals surface area contributed by atoms with Crippen LogP contribution in [0.1, 0.15) is 77.3 Å². The smallest absolute Gasteiger partial charge is 0.508 e. The van der Waals surface area contributed by atoms with E-state index in [4.69, 9.17) is 13.3 Å². The van der Waals surface area contributed by atoms with Crippen LogP contribution in [0.25, 0.3) is 11.1 Å². The number of benzene rings is 2. The minimum Gasteiger partial charge on any atom is -0.508 e. The normalized spacial score (nSPS) is 11.1. The molecule has 196 valence electrons. The Kier molecular flexibility index (Phi) is 11.7. The Balaban J connectivity index is 2.15. The van der Waals surface area contributed by atoms with E-state index < -0.39 is 26.7 Å². The molecule has 0 aliphatic carbocycles. The van der Waals surface area contributed by atoms with Crippen LogP contribution in [-0.4, -0.2) is 31.8 Å². The van der Waals surface area contributed by atoms with Crippen molar-refractivity contribution in [3.63, 3.8) is 0 Å². The molecule has 7 nitrogen and oxygen atoms in total. The van der Waals surface area contributed by atoms with Gasteiger partial charge in [-0.2, -0.15) is 0 Å². The van der Waals surface area contributed by atoms with Crippen molar-refractivity contribution in [3.8, 4) is 16.9 Å². The Morgan fingerprint density at radius 2 is 1.33 bits per heavy atom. The first-order chi connectivity index (χ1) is 17.1. The molecule has 2 aromatic carbocycles. The molecule has 1 N–H and O–H groups in total. The van der Waals surface area contributed by atoms with E-state index in [0.717, 1.165) is 23.1 Å². The Morgan fingerprint density at radius 1 is 0.750 bits per heavy atom. The zero-order valence-electron chi connectivity index (χ0n) is 21.8. The van der Waals surface area contributed by atoms with Gasteiger partial charge in [-0.15, -0.1) is 0 Å². The largest absolute Gasteiger partial charge is 0.705 e. The van der Waals surface area contributed by atoms with Gasteiger partial charge in [0.2, 0.25) is 0 Å². The number of carbonyl (C=O) groups is 3. The number of rotatable bonds is 14. The third-order valence-electron chi connectivity index (χ3n) is 5.75. The maximum Gasteiger partial charge on any atom is 0.705 e. The number of phenolic OH excluding ortho intramolecular Hbond substituents is 1. The molecular formula is C28H38O7Si. The summed E-state index contributed by atoms with van der Waals surface area (Å²) in [6, 6.07) is 13.8. The van der Waals surface area contributed by atoms with Gasteiger partial charge in [-0.3, -0.25) is 14.4 Å². The molecule has 0 spiro atoms. The highest BCUT2D eigenvalue weighted by molar-refractivity contribution is 6.65. The zero-order valence-corrected chi connectivity index (χ0v) is 22.8. The molecule has 0 saturated carbocycles. The maximum atomic E-state index is 11.7. The Labute approximate surface area is 215 Å². The highest BCUT2D eigenvalue weighted by Crippen LogP contribution is 2.30. The fourth-order valence-electron chi connectivity index (χ4n) is 4.22. The standard InChI is InChI=1S/C28H38O7Si/c1-5-6-7-8-9-11-24-13-15-25(16-14-24)28-18-17-27(32)20-26(28)12-10-19-36(33-21(2)29,34-22(3)30)35-23(4)31/h13-18,20,32H,5-12,19H2,1-4H3. The van der Waals surface area contributed by atoms with Gasteiger partial charge in [0, 0.05) is 20.8 Å². The number of aromatic hydroxyl groups is 1. The highest BCUT2D eigenvalue weighted by Gasteiger charge is 2.51. The van der Waals surface area contributed by atoms with Gasteiger partial charge in [-0.05, 0) is 60.1 Å². The molecule has 0 unspecified atom stereocenters. The van der Waals surface area contributed by atoms with Crippen LogP contribution < -0.4 is 0 Å². The molecule has 0 aliphatic rings. The first kappa shape index (κ1) is 29.1. The van der Waals surface area contributed by atoms with Gasteiger partial charge in [-0.1, -0.05) is 62.9 Å². The molecule has 0 atom stereocenters. The van der Waals surface area contributed by atoms with Gasteiger partial charge < -0.3 is 18.4 Å². The Hall–Kier alpha value is -3.13. The summed E-state index contributed by atoms with van der Waals surface area (Å²) in [6.07, 6.45) is 8.19. The van der Waals surface area contributed by atoms with E-state index in [-0.39, 0.29) is 11.8 Å². The van der Waals surface area contributed by atoms with E-state index in [9.17, 15) is 19.5 Å². The number of hydrogen-bond donors (Lipinski definition) is 1. The maximum absolute atomic E-state index is 11.7. The van der Waals surface area contributed by atoms with Crippen molar-refractivity contribution in [1.82, 2.24) is 0 Å². The summed E-state index contributed by atoms with van der Waals surface area (Å²) in [4.78, 5) is 35.0. The number of carbonyl (C=O) groups excluding carboxylic acids is 3. The molecular weight excluding hydrogens is 476 g/mol. The Morgan fingerprint density at radius 3 is 1.89 bits per heavy atom. The highest BCUT2D eigenvalue weighted by atomic mass is 28.4. The van der Waals surface area contributed by atoms with Crippen molar-refractivity contribution >= 4 is 26.7 Å². The SMILES string of the molecule is CCCCCCCc1ccc(-c2ccc(O)cc2CCC[Si](OC(C)=O)(OC(C)=O)OC(C)=O)cc1. The van der Waals surface area contributed by atoms with Crippen molar-refractivity contribution in [2.75, 3.05) is 0 Å². The summed E-state index contributed by atoms with van der Waals surface area (Å²) >= 11 is 0. The topological polar surface area (TPSA) is 99.1 Å². The van der Waals surface area contributed by atoms with Crippen molar-refractivity contribution in [1.29, 1.82) is 0 Å². The lowest BCUT2D eigenvalue weighted by atomic mass is 9.95. The van der Waals surface area contributed by atoms with Crippen LogP contribution >= 0.6 is 0 Å². The lowest BCUT2D eigenvalue weighted by Crippen LogP contribution is -2.49. The molecule has 0 saturated heterocycles. The number of phenols is 1. The van der Waals surface area contributed by atoms with Gasteiger partial charge in [0.05, 0.1) is 6.04 Å². The predicted molar refractivity (Wildman–Crippen MR) is 140 cm³/mol. The quantitative estimate of drug-likeness (QED) is 0.239. The molecule has 0 radical (unpaired) electrons. The molecule has 0 heterocycles. The van der Waals surface area contributed by atoms with Crippen LogP contribution in [0.15, 0.2) is 42.5 Å². The van der Waals surface area contributed by atoms with Crippen molar-refractivity contribution in [3.05, 3.63) is 53.6 Å². The second-order valence-electron chi connectivity index (χ2n) is 9.02. The van der Waals surface area contributed by atoms with Crippen molar-refractivity contribution in [2.24, 2.45) is 0 Å². The summed E-state index contributed by atoms with van der Waals surface area (Å²) in [5.74, 6) is -1.92. The van der Waals surface area contributed by atoms with Gasteiger partial charge in [0.1, 0.15) is 5.75 Å². The summed E-state index contributed by atoms with van der Waals surface area (Å²) in [6.45, 7) is 5.75. The molecule has 2 rings (SSSR count). The fraction of sp³-hybridized carbons (Fsp3) is 0.464. The van der Waals surface area contributed by atoms with E-state index in [1.54, 1.807) is 12.1 Å². The van der Waals surface area contributed by atoms with E-state index in [0.29, 0.717) is 12.8 Å². The molecule has 0 aliphatic heterocycles. The lowest BCUT2D eigenvalue weighted by Gasteiger charge is -2.26. The van der Waals surface area contributed by atoms with Gasteiger partial charge in [0.25, 0.3) is 17.9 Å². The first-order valence-electron chi connectivity index (χ1n) is 12.6. The van der Waals surface area contributed by atoms with E-state index in [1.165, 1.54) is 58.4 Å². The molecule has 36 heavy (non-hydrogen) atoms. The average molecular weight is 515 g/mol. The molecule has 0 bridgehead atoms. The summed E-state index contributed by atoms with van der Waals surface area (Å²) in [7, 11) is -3.89. The van der Waals surface area contributed by atoms with E-state index in [2.05, 4.69) is 31.2 Å². The summed E-state index contributed by atoms with van der Waals surface area (Å²) in [5, 5.41) is 10.1. The third kappa shape index (κ3) is 9.85. The minimum atomic E-state index is -3.89.